The predicted molar refractivity (Wildman–Crippen MR) is 59.7 cm³/mol. The Morgan fingerprint density at radius 3 is 2.36 bits per heavy atom. The summed E-state index contributed by atoms with van der Waals surface area (Å²) in [5.74, 6) is 0.558. The number of hydrogen-bond acceptors (Lipinski definition) is 3. The molecule has 0 aliphatic carbocycles. The van der Waals surface area contributed by atoms with Crippen LogP contribution in [0.25, 0.3) is 0 Å². The highest BCUT2D eigenvalue weighted by Gasteiger charge is 2.12. The van der Waals surface area contributed by atoms with Gasteiger partial charge < -0.3 is 10.6 Å². The number of nitrogens with one attached hydrogen (secondary N) is 2. The minimum atomic E-state index is -0.794. The Kier molecular flexibility index (Phi) is 5.95. The lowest BCUT2D eigenvalue weighted by molar-refractivity contribution is -0.121. The number of carbonyl (C=O) groups is 1. The van der Waals surface area contributed by atoms with E-state index >= 15 is 0 Å². The highest BCUT2D eigenvalue weighted by molar-refractivity contribution is 7.84. The van der Waals surface area contributed by atoms with Crippen molar-refractivity contribution in [1.82, 2.24) is 10.6 Å². The van der Waals surface area contributed by atoms with E-state index in [1.54, 1.807) is 6.26 Å². The highest BCUT2D eigenvalue weighted by Crippen LogP contribution is 1.96. The van der Waals surface area contributed by atoms with Crippen molar-refractivity contribution in [3.05, 3.63) is 0 Å². The molecule has 0 aromatic carbocycles. The minimum Gasteiger partial charge on any atom is -0.350 e. The largest absolute Gasteiger partial charge is 0.350 e. The molecule has 0 radical (unpaired) electrons. The average Bonchev–Trinajstić information content (AvgIpc) is 1.94. The summed E-state index contributed by atoms with van der Waals surface area (Å²) in [4.78, 5) is 11.3. The molecule has 0 bridgehead atoms. The SMILES string of the molecule is CS(=O)CCNCC(=O)NC(C)(C)C. The molecule has 1 unspecified atom stereocenters. The summed E-state index contributed by atoms with van der Waals surface area (Å²) in [7, 11) is -0.794. The zero-order valence-corrected chi connectivity index (χ0v) is 10.2. The molecule has 4 nitrogen and oxygen atoms in total. The van der Waals surface area contributed by atoms with Gasteiger partial charge in [-0.05, 0) is 20.8 Å². The summed E-state index contributed by atoms with van der Waals surface area (Å²) in [6, 6.07) is 0. The van der Waals surface area contributed by atoms with Crippen molar-refractivity contribution >= 4 is 16.7 Å². The summed E-state index contributed by atoms with van der Waals surface area (Å²) in [5.41, 5.74) is -0.188. The van der Waals surface area contributed by atoms with Crippen LogP contribution in [0, 0.1) is 0 Å². The van der Waals surface area contributed by atoms with E-state index in [9.17, 15) is 9.00 Å². The third-order valence-electron chi connectivity index (χ3n) is 1.37. The van der Waals surface area contributed by atoms with Crippen LogP contribution in [-0.4, -0.2) is 40.8 Å². The van der Waals surface area contributed by atoms with E-state index in [-0.39, 0.29) is 18.0 Å². The van der Waals surface area contributed by atoms with E-state index in [1.165, 1.54) is 0 Å². The monoisotopic (exact) mass is 220 g/mol. The van der Waals surface area contributed by atoms with E-state index in [0.29, 0.717) is 12.3 Å². The van der Waals surface area contributed by atoms with Crippen LogP contribution in [0.5, 0.6) is 0 Å². The molecule has 14 heavy (non-hydrogen) atoms. The van der Waals surface area contributed by atoms with Crippen molar-refractivity contribution in [2.24, 2.45) is 0 Å². The van der Waals surface area contributed by atoms with Crippen molar-refractivity contribution in [3.63, 3.8) is 0 Å². The smallest absolute Gasteiger partial charge is 0.234 e. The maximum atomic E-state index is 11.3. The van der Waals surface area contributed by atoms with Crippen molar-refractivity contribution in [3.8, 4) is 0 Å². The van der Waals surface area contributed by atoms with Gasteiger partial charge in [0.1, 0.15) is 0 Å². The molecule has 0 fully saturated rings. The third kappa shape index (κ3) is 9.67. The van der Waals surface area contributed by atoms with E-state index in [1.807, 2.05) is 20.8 Å². The molecule has 0 aromatic heterocycles. The van der Waals surface area contributed by atoms with E-state index in [2.05, 4.69) is 10.6 Å². The Morgan fingerprint density at radius 2 is 1.93 bits per heavy atom. The number of amides is 1. The van der Waals surface area contributed by atoms with Crippen molar-refractivity contribution in [1.29, 1.82) is 0 Å². The van der Waals surface area contributed by atoms with Gasteiger partial charge in [-0.1, -0.05) is 0 Å². The molecule has 0 heterocycles. The van der Waals surface area contributed by atoms with Gasteiger partial charge in [-0.2, -0.15) is 0 Å². The molecular formula is C9H20N2O2S. The number of carbonyl (C=O) groups excluding carboxylic acids is 1. The lowest BCUT2D eigenvalue weighted by atomic mass is 10.1. The van der Waals surface area contributed by atoms with E-state index in [0.717, 1.165) is 0 Å². The summed E-state index contributed by atoms with van der Waals surface area (Å²) in [6.07, 6.45) is 1.65. The fourth-order valence-electron chi connectivity index (χ4n) is 0.880. The third-order valence-corrected chi connectivity index (χ3v) is 2.15. The Bertz CT molecular complexity index is 211. The number of hydrogen-bond donors (Lipinski definition) is 2. The Labute approximate surface area is 88.3 Å². The fraction of sp³-hybridized carbons (Fsp3) is 0.889. The summed E-state index contributed by atoms with van der Waals surface area (Å²) in [6.45, 7) is 6.71. The van der Waals surface area contributed by atoms with Gasteiger partial charge in [-0.25, -0.2) is 0 Å². The van der Waals surface area contributed by atoms with Gasteiger partial charge in [0.05, 0.1) is 6.54 Å². The summed E-state index contributed by atoms with van der Waals surface area (Å²) in [5, 5.41) is 5.76. The first-order valence-corrected chi connectivity index (χ1v) is 6.36. The minimum absolute atomic E-state index is 0.0283. The maximum absolute atomic E-state index is 11.3. The van der Waals surface area contributed by atoms with Gasteiger partial charge >= 0.3 is 0 Å². The summed E-state index contributed by atoms with van der Waals surface area (Å²) >= 11 is 0. The van der Waals surface area contributed by atoms with Crippen LogP contribution >= 0.6 is 0 Å². The lowest BCUT2D eigenvalue weighted by Crippen LogP contribution is -2.45. The summed E-state index contributed by atoms with van der Waals surface area (Å²) < 4.78 is 10.7. The quantitative estimate of drug-likeness (QED) is 0.635. The predicted octanol–water partition coefficient (Wildman–Crippen LogP) is -0.131. The second-order valence-corrected chi connectivity index (χ2v) is 5.81. The molecule has 0 aliphatic rings. The van der Waals surface area contributed by atoms with Crippen LogP contribution in [-0.2, 0) is 15.6 Å². The van der Waals surface area contributed by atoms with Gasteiger partial charge in [-0.15, -0.1) is 0 Å². The molecule has 2 N–H and O–H groups in total. The molecular weight excluding hydrogens is 200 g/mol. The Hall–Kier alpha value is -0.420. The molecule has 1 amide bonds. The zero-order chi connectivity index (χ0) is 11.2. The second kappa shape index (κ2) is 6.14. The lowest BCUT2D eigenvalue weighted by Gasteiger charge is -2.20. The van der Waals surface area contributed by atoms with E-state index < -0.39 is 10.8 Å². The van der Waals surface area contributed by atoms with Crippen LogP contribution in [0.1, 0.15) is 20.8 Å². The standard InChI is InChI=1S/C9H20N2O2S/c1-9(2,3)11-8(12)7-10-5-6-14(4)13/h10H,5-7H2,1-4H3,(H,11,12). The molecule has 5 heteroatoms. The first-order valence-electron chi connectivity index (χ1n) is 4.63. The van der Waals surface area contributed by atoms with Crippen LogP contribution in [0.3, 0.4) is 0 Å². The van der Waals surface area contributed by atoms with Gasteiger partial charge in [0.15, 0.2) is 0 Å². The topological polar surface area (TPSA) is 58.2 Å². The molecule has 0 saturated heterocycles. The molecule has 0 spiro atoms. The van der Waals surface area contributed by atoms with Crippen LogP contribution in [0.15, 0.2) is 0 Å². The van der Waals surface area contributed by atoms with Crippen LogP contribution in [0.4, 0.5) is 0 Å². The van der Waals surface area contributed by atoms with Gasteiger partial charge in [0, 0.05) is 34.9 Å². The van der Waals surface area contributed by atoms with Gasteiger partial charge in [-0.3, -0.25) is 9.00 Å². The first kappa shape index (κ1) is 13.6. The fourth-order valence-corrected chi connectivity index (χ4v) is 1.31. The molecule has 0 saturated carbocycles. The second-order valence-electron chi connectivity index (χ2n) is 4.25. The molecule has 0 aliphatic heterocycles. The first-order chi connectivity index (χ1) is 6.31. The van der Waals surface area contributed by atoms with Crippen molar-refractivity contribution in [2.75, 3.05) is 25.1 Å². The molecule has 84 valence electrons. The maximum Gasteiger partial charge on any atom is 0.234 e. The van der Waals surface area contributed by atoms with E-state index in [4.69, 9.17) is 0 Å². The Balaban J connectivity index is 3.50. The van der Waals surface area contributed by atoms with Crippen LogP contribution in [0.2, 0.25) is 0 Å². The Morgan fingerprint density at radius 1 is 1.36 bits per heavy atom. The zero-order valence-electron chi connectivity index (χ0n) is 9.35. The van der Waals surface area contributed by atoms with Gasteiger partial charge in [0.25, 0.3) is 0 Å². The van der Waals surface area contributed by atoms with Gasteiger partial charge in [0.2, 0.25) is 5.91 Å². The molecule has 1 atom stereocenters. The normalized spacial score (nSPS) is 13.7. The van der Waals surface area contributed by atoms with Crippen molar-refractivity contribution in [2.45, 2.75) is 26.3 Å². The number of rotatable bonds is 5. The highest BCUT2D eigenvalue weighted by atomic mass is 32.2. The average molecular weight is 220 g/mol. The van der Waals surface area contributed by atoms with Crippen molar-refractivity contribution < 1.29 is 9.00 Å². The molecule has 0 rings (SSSR count). The van der Waals surface area contributed by atoms with Crippen LogP contribution < -0.4 is 10.6 Å². The molecule has 0 aromatic rings.